The summed E-state index contributed by atoms with van der Waals surface area (Å²) in [5, 5.41) is 8.56. The average Bonchev–Trinajstić information content (AvgIpc) is 3.05. The van der Waals surface area contributed by atoms with Crippen LogP contribution in [0.4, 0.5) is 14.6 Å². The predicted molar refractivity (Wildman–Crippen MR) is 78.2 cm³/mol. The molecule has 0 unspecified atom stereocenters. The molecule has 0 aliphatic carbocycles. The van der Waals surface area contributed by atoms with Gasteiger partial charge < -0.3 is 10.5 Å². The standard InChI is InChI=1S/C14H11F2N3OS/c1-20-10-4-5-21-13(10)12-11(14(17)19-18-12)8-3-2-7(15)6-9(8)16/h2-6H,1H3,(H3,17,18,19). The molecule has 7 heteroatoms. The van der Waals surface area contributed by atoms with Gasteiger partial charge in [-0.15, -0.1) is 11.3 Å². The molecule has 0 saturated carbocycles. The van der Waals surface area contributed by atoms with Crippen molar-refractivity contribution in [2.24, 2.45) is 0 Å². The number of thiophene rings is 1. The van der Waals surface area contributed by atoms with Crippen LogP contribution in [0.5, 0.6) is 5.75 Å². The van der Waals surface area contributed by atoms with Gasteiger partial charge in [-0.2, -0.15) is 5.10 Å². The van der Waals surface area contributed by atoms with Crippen LogP contribution >= 0.6 is 11.3 Å². The summed E-state index contributed by atoms with van der Waals surface area (Å²) in [5.74, 6) is -0.563. The van der Waals surface area contributed by atoms with E-state index in [2.05, 4.69) is 10.2 Å². The van der Waals surface area contributed by atoms with Crippen molar-refractivity contribution in [3.05, 3.63) is 41.3 Å². The lowest BCUT2D eigenvalue weighted by Gasteiger charge is -2.06. The van der Waals surface area contributed by atoms with Crippen molar-refractivity contribution < 1.29 is 13.5 Å². The van der Waals surface area contributed by atoms with Gasteiger partial charge in [-0.3, -0.25) is 5.10 Å². The summed E-state index contributed by atoms with van der Waals surface area (Å²) in [4.78, 5) is 0.750. The van der Waals surface area contributed by atoms with Crippen molar-refractivity contribution in [1.29, 1.82) is 0 Å². The third-order valence-electron chi connectivity index (χ3n) is 3.07. The smallest absolute Gasteiger partial charge is 0.153 e. The van der Waals surface area contributed by atoms with Crippen molar-refractivity contribution in [2.45, 2.75) is 0 Å². The lowest BCUT2D eigenvalue weighted by molar-refractivity contribution is 0.418. The SMILES string of the molecule is COc1ccsc1-c1[nH]nc(N)c1-c1ccc(F)cc1F. The number of nitrogens with zero attached hydrogens (tertiary/aromatic N) is 1. The van der Waals surface area contributed by atoms with E-state index in [1.165, 1.54) is 23.5 Å². The van der Waals surface area contributed by atoms with E-state index >= 15 is 0 Å². The second kappa shape index (κ2) is 5.17. The molecule has 0 amide bonds. The van der Waals surface area contributed by atoms with Crippen LogP contribution in [0.3, 0.4) is 0 Å². The number of nitrogen functional groups attached to an aromatic ring is 1. The van der Waals surface area contributed by atoms with Crippen LogP contribution in [0.25, 0.3) is 21.7 Å². The molecule has 0 aliphatic rings. The monoisotopic (exact) mass is 307 g/mol. The van der Waals surface area contributed by atoms with Crippen molar-refractivity contribution in [3.8, 4) is 27.4 Å². The Bertz CT molecular complexity index is 797. The average molecular weight is 307 g/mol. The van der Waals surface area contributed by atoms with Gasteiger partial charge in [-0.25, -0.2) is 8.78 Å². The van der Waals surface area contributed by atoms with Crippen LogP contribution in [-0.4, -0.2) is 17.3 Å². The van der Waals surface area contributed by atoms with Gasteiger partial charge in [0.05, 0.1) is 23.2 Å². The molecule has 0 fully saturated rings. The van der Waals surface area contributed by atoms with Gasteiger partial charge in [0.2, 0.25) is 0 Å². The Morgan fingerprint density at radius 1 is 1.29 bits per heavy atom. The summed E-state index contributed by atoms with van der Waals surface area (Å²) in [7, 11) is 1.55. The highest BCUT2D eigenvalue weighted by Gasteiger charge is 2.21. The number of H-pyrrole nitrogens is 1. The minimum atomic E-state index is -0.695. The molecule has 2 heterocycles. The quantitative estimate of drug-likeness (QED) is 0.776. The number of nitrogens with two attached hydrogens (primary N) is 1. The molecule has 0 spiro atoms. The van der Waals surface area contributed by atoms with Gasteiger partial charge in [0.25, 0.3) is 0 Å². The van der Waals surface area contributed by atoms with E-state index in [0.717, 1.165) is 10.9 Å². The number of nitrogens with one attached hydrogen (secondary N) is 1. The van der Waals surface area contributed by atoms with Crippen molar-refractivity contribution in [2.75, 3.05) is 12.8 Å². The first kappa shape index (κ1) is 13.6. The Hall–Kier alpha value is -2.41. The van der Waals surface area contributed by atoms with E-state index in [1.807, 2.05) is 5.38 Å². The van der Waals surface area contributed by atoms with Gasteiger partial charge in [0, 0.05) is 11.6 Å². The first-order chi connectivity index (χ1) is 10.1. The summed E-state index contributed by atoms with van der Waals surface area (Å²) >= 11 is 1.41. The highest BCUT2D eigenvalue weighted by molar-refractivity contribution is 7.14. The summed E-state index contributed by atoms with van der Waals surface area (Å²) in [6, 6.07) is 5.13. The fraction of sp³-hybridized carbons (Fsp3) is 0.0714. The van der Waals surface area contributed by atoms with Gasteiger partial charge in [-0.1, -0.05) is 0 Å². The van der Waals surface area contributed by atoms with E-state index in [-0.39, 0.29) is 11.4 Å². The number of hydrogen-bond acceptors (Lipinski definition) is 4. The van der Waals surface area contributed by atoms with E-state index in [4.69, 9.17) is 10.5 Å². The highest BCUT2D eigenvalue weighted by Crippen LogP contribution is 2.42. The molecule has 2 aromatic heterocycles. The minimum Gasteiger partial charge on any atom is -0.495 e. The normalized spacial score (nSPS) is 10.8. The maximum Gasteiger partial charge on any atom is 0.153 e. The second-order valence-electron chi connectivity index (χ2n) is 4.30. The number of hydrogen-bond donors (Lipinski definition) is 2. The summed E-state index contributed by atoms with van der Waals surface area (Å²) in [5.41, 5.74) is 6.97. The van der Waals surface area contributed by atoms with Crippen LogP contribution in [0.1, 0.15) is 0 Å². The number of halogens is 2. The van der Waals surface area contributed by atoms with E-state index < -0.39 is 11.6 Å². The number of rotatable bonds is 3. The zero-order valence-corrected chi connectivity index (χ0v) is 11.8. The molecule has 3 aromatic rings. The first-order valence-electron chi connectivity index (χ1n) is 6.03. The first-order valence-corrected chi connectivity index (χ1v) is 6.91. The Labute approximate surface area is 123 Å². The fourth-order valence-electron chi connectivity index (χ4n) is 2.13. The zero-order chi connectivity index (χ0) is 15.0. The molecule has 4 nitrogen and oxygen atoms in total. The van der Waals surface area contributed by atoms with Crippen LogP contribution in [0, 0.1) is 11.6 Å². The number of anilines is 1. The van der Waals surface area contributed by atoms with Crippen LogP contribution in [0.15, 0.2) is 29.6 Å². The number of methoxy groups -OCH3 is 1. The third-order valence-corrected chi connectivity index (χ3v) is 3.98. The minimum absolute atomic E-state index is 0.144. The summed E-state index contributed by atoms with van der Waals surface area (Å²) in [6.07, 6.45) is 0. The Kier molecular flexibility index (Phi) is 3.34. The predicted octanol–water partition coefficient (Wildman–Crippen LogP) is 3.67. The molecule has 0 radical (unpaired) electrons. The van der Waals surface area contributed by atoms with E-state index in [1.54, 1.807) is 13.2 Å². The topological polar surface area (TPSA) is 63.9 Å². The Morgan fingerprint density at radius 3 is 2.81 bits per heavy atom. The van der Waals surface area contributed by atoms with Gasteiger partial charge in [-0.05, 0) is 23.6 Å². The number of aromatic amines is 1. The second-order valence-corrected chi connectivity index (χ2v) is 5.22. The van der Waals surface area contributed by atoms with Crippen molar-refractivity contribution in [3.63, 3.8) is 0 Å². The maximum atomic E-state index is 14.0. The molecular weight excluding hydrogens is 296 g/mol. The molecule has 3 N–H and O–H groups in total. The molecule has 0 aliphatic heterocycles. The zero-order valence-electron chi connectivity index (χ0n) is 11.0. The molecule has 0 bridgehead atoms. The third kappa shape index (κ3) is 2.25. The molecule has 21 heavy (non-hydrogen) atoms. The molecule has 0 atom stereocenters. The molecule has 0 saturated heterocycles. The van der Waals surface area contributed by atoms with Crippen LogP contribution < -0.4 is 10.5 Å². The van der Waals surface area contributed by atoms with Crippen molar-refractivity contribution >= 4 is 17.2 Å². The van der Waals surface area contributed by atoms with Gasteiger partial charge in [0.1, 0.15) is 17.4 Å². The molecule has 108 valence electrons. The van der Waals surface area contributed by atoms with Crippen LogP contribution in [0.2, 0.25) is 0 Å². The Balaban J connectivity index is 2.22. The molecule has 1 aromatic carbocycles. The fourth-order valence-corrected chi connectivity index (χ4v) is 2.99. The number of benzene rings is 1. The van der Waals surface area contributed by atoms with E-state index in [9.17, 15) is 8.78 Å². The van der Waals surface area contributed by atoms with E-state index in [0.29, 0.717) is 17.0 Å². The highest BCUT2D eigenvalue weighted by atomic mass is 32.1. The number of aromatic nitrogens is 2. The Morgan fingerprint density at radius 2 is 2.10 bits per heavy atom. The maximum absolute atomic E-state index is 14.0. The summed E-state index contributed by atoms with van der Waals surface area (Å²) < 4.78 is 32.4. The molecular formula is C14H11F2N3OS. The largest absolute Gasteiger partial charge is 0.495 e. The lowest BCUT2D eigenvalue weighted by atomic mass is 10.0. The van der Waals surface area contributed by atoms with Crippen LogP contribution in [-0.2, 0) is 0 Å². The number of ether oxygens (including phenoxy) is 1. The lowest BCUT2D eigenvalue weighted by Crippen LogP contribution is -1.92. The van der Waals surface area contributed by atoms with Gasteiger partial charge >= 0.3 is 0 Å². The summed E-state index contributed by atoms with van der Waals surface area (Å²) in [6.45, 7) is 0. The van der Waals surface area contributed by atoms with Crippen molar-refractivity contribution in [1.82, 2.24) is 10.2 Å². The molecule has 3 rings (SSSR count). The van der Waals surface area contributed by atoms with Gasteiger partial charge in [0.15, 0.2) is 5.82 Å².